The normalized spacial score (nSPS) is 16.8. The first-order valence-corrected chi connectivity index (χ1v) is 10.6. The van der Waals surface area contributed by atoms with Gasteiger partial charge in [0.1, 0.15) is 0 Å². The predicted molar refractivity (Wildman–Crippen MR) is 120 cm³/mol. The Balaban J connectivity index is 1.26. The van der Waals surface area contributed by atoms with Crippen molar-refractivity contribution in [2.45, 2.75) is 19.5 Å². The molecule has 1 saturated heterocycles. The molecule has 7 nitrogen and oxygen atoms in total. The van der Waals surface area contributed by atoms with Crippen molar-refractivity contribution in [3.8, 4) is 6.07 Å². The van der Waals surface area contributed by atoms with E-state index >= 15 is 0 Å². The molecule has 0 saturated carbocycles. The molecule has 0 bridgehead atoms. The van der Waals surface area contributed by atoms with E-state index in [1.165, 1.54) is 4.57 Å². The Morgan fingerprint density at radius 3 is 2.84 bits per heavy atom. The summed E-state index contributed by atoms with van der Waals surface area (Å²) in [6.07, 6.45) is 3.16. The number of nitrogens with zero attached hydrogens (tertiary/aromatic N) is 4. The van der Waals surface area contributed by atoms with Crippen molar-refractivity contribution < 1.29 is 0 Å². The van der Waals surface area contributed by atoms with Gasteiger partial charge in [0.15, 0.2) is 0 Å². The lowest BCUT2D eigenvalue weighted by atomic mass is 10.1. The molecular weight excluding hydrogens is 390 g/mol. The molecule has 0 aliphatic carbocycles. The van der Waals surface area contributed by atoms with E-state index in [0.29, 0.717) is 35.5 Å². The van der Waals surface area contributed by atoms with Gasteiger partial charge in [0, 0.05) is 37.9 Å². The summed E-state index contributed by atoms with van der Waals surface area (Å²) in [6.45, 7) is 3.82. The standard InChI is InChI=1S/C24H23N5O2/c25-14-17-5-6-19-8-10-28(22(19)13-17)16-18-7-9-27(15-18)11-12-29-23(30)20-3-1-2-4-21(20)26-24(29)31/h1-6,8,10,13,18H,7,9,11-12,15-16H2,(H,26,31). The molecule has 0 amide bonds. The smallest absolute Gasteiger partial charge is 0.328 e. The Morgan fingerprint density at radius 2 is 1.97 bits per heavy atom. The zero-order chi connectivity index (χ0) is 21.4. The van der Waals surface area contributed by atoms with Gasteiger partial charge in [-0.25, -0.2) is 4.79 Å². The summed E-state index contributed by atoms with van der Waals surface area (Å²) in [5, 5.41) is 10.9. The Kier molecular flexibility index (Phi) is 4.92. The van der Waals surface area contributed by atoms with Crippen molar-refractivity contribution in [3.05, 3.63) is 81.1 Å². The van der Waals surface area contributed by atoms with Gasteiger partial charge in [-0.15, -0.1) is 0 Å². The van der Waals surface area contributed by atoms with Crippen LogP contribution in [0.1, 0.15) is 12.0 Å². The monoisotopic (exact) mass is 413 g/mol. The second kappa shape index (κ2) is 7.89. The maximum Gasteiger partial charge on any atom is 0.328 e. The number of nitrogens with one attached hydrogen (secondary N) is 1. The zero-order valence-corrected chi connectivity index (χ0v) is 17.1. The predicted octanol–water partition coefficient (Wildman–Crippen LogP) is 2.54. The summed E-state index contributed by atoms with van der Waals surface area (Å²) >= 11 is 0. The highest BCUT2D eigenvalue weighted by Gasteiger charge is 2.23. The van der Waals surface area contributed by atoms with E-state index in [2.05, 4.69) is 32.8 Å². The molecule has 7 heteroatoms. The van der Waals surface area contributed by atoms with Gasteiger partial charge >= 0.3 is 5.69 Å². The minimum atomic E-state index is -0.355. The summed E-state index contributed by atoms with van der Waals surface area (Å²) in [5.74, 6) is 0.493. The Morgan fingerprint density at radius 1 is 1.10 bits per heavy atom. The van der Waals surface area contributed by atoms with Crippen molar-refractivity contribution in [2.24, 2.45) is 5.92 Å². The lowest BCUT2D eigenvalue weighted by molar-refractivity contribution is 0.300. The van der Waals surface area contributed by atoms with E-state index in [1.54, 1.807) is 12.1 Å². The Hall–Kier alpha value is -3.63. The van der Waals surface area contributed by atoms with E-state index in [4.69, 9.17) is 0 Å². The van der Waals surface area contributed by atoms with Crippen molar-refractivity contribution in [1.82, 2.24) is 19.0 Å². The summed E-state index contributed by atoms with van der Waals surface area (Å²) in [7, 11) is 0. The molecule has 1 unspecified atom stereocenters. The molecule has 1 fully saturated rings. The van der Waals surface area contributed by atoms with Crippen molar-refractivity contribution in [2.75, 3.05) is 19.6 Å². The fourth-order valence-electron chi connectivity index (χ4n) is 4.60. The molecule has 156 valence electrons. The first kappa shape index (κ1) is 19.3. The molecule has 2 aromatic heterocycles. The van der Waals surface area contributed by atoms with Crippen LogP contribution in [-0.4, -0.2) is 38.7 Å². The zero-order valence-electron chi connectivity index (χ0n) is 17.1. The molecule has 31 heavy (non-hydrogen) atoms. The largest absolute Gasteiger partial charge is 0.347 e. The fourth-order valence-corrected chi connectivity index (χ4v) is 4.60. The van der Waals surface area contributed by atoms with Crippen LogP contribution in [0.25, 0.3) is 21.8 Å². The highest BCUT2D eigenvalue weighted by atomic mass is 16.2. The molecule has 4 aromatic rings. The molecule has 5 rings (SSSR count). The van der Waals surface area contributed by atoms with Crippen molar-refractivity contribution in [3.63, 3.8) is 0 Å². The molecule has 1 aliphatic rings. The van der Waals surface area contributed by atoms with Gasteiger partial charge in [-0.2, -0.15) is 5.26 Å². The number of para-hydroxylation sites is 1. The van der Waals surface area contributed by atoms with E-state index < -0.39 is 0 Å². The molecule has 3 heterocycles. The summed E-state index contributed by atoms with van der Waals surface area (Å²) in [4.78, 5) is 30.2. The van der Waals surface area contributed by atoms with Gasteiger partial charge in [0.05, 0.1) is 22.5 Å². The van der Waals surface area contributed by atoms with Crippen LogP contribution in [0.2, 0.25) is 0 Å². The average Bonchev–Trinajstić information content (AvgIpc) is 3.40. The molecular formula is C24H23N5O2. The number of hydrogen-bond donors (Lipinski definition) is 1. The minimum Gasteiger partial charge on any atom is -0.347 e. The van der Waals surface area contributed by atoms with Gasteiger partial charge in [-0.05, 0) is 54.6 Å². The molecule has 1 aliphatic heterocycles. The minimum absolute atomic E-state index is 0.234. The maximum atomic E-state index is 12.7. The van der Waals surface area contributed by atoms with E-state index in [0.717, 1.165) is 37.0 Å². The Labute approximate surface area is 178 Å². The van der Waals surface area contributed by atoms with Gasteiger partial charge < -0.3 is 14.5 Å². The lowest BCUT2D eigenvalue weighted by Gasteiger charge is -2.17. The number of aromatic amines is 1. The first-order valence-electron chi connectivity index (χ1n) is 10.6. The van der Waals surface area contributed by atoms with Crippen LogP contribution in [0.5, 0.6) is 0 Å². The highest BCUT2D eigenvalue weighted by molar-refractivity contribution is 5.81. The fraction of sp³-hybridized carbons (Fsp3) is 0.292. The maximum absolute atomic E-state index is 12.7. The second-order valence-corrected chi connectivity index (χ2v) is 8.24. The number of rotatable bonds is 5. The van der Waals surface area contributed by atoms with Crippen LogP contribution in [0.4, 0.5) is 0 Å². The van der Waals surface area contributed by atoms with Crippen LogP contribution in [0.15, 0.2) is 64.3 Å². The van der Waals surface area contributed by atoms with E-state index in [9.17, 15) is 14.9 Å². The average molecular weight is 413 g/mol. The van der Waals surface area contributed by atoms with Crippen LogP contribution < -0.4 is 11.2 Å². The number of hydrogen-bond acceptors (Lipinski definition) is 4. The molecule has 1 atom stereocenters. The summed E-state index contributed by atoms with van der Waals surface area (Å²) in [5.41, 5.74) is 1.75. The summed E-state index contributed by atoms with van der Waals surface area (Å²) < 4.78 is 3.53. The van der Waals surface area contributed by atoms with Crippen LogP contribution >= 0.6 is 0 Å². The third-order valence-corrected chi connectivity index (χ3v) is 6.26. The number of H-pyrrole nitrogens is 1. The van der Waals surface area contributed by atoms with Crippen LogP contribution in [0.3, 0.4) is 0 Å². The van der Waals surface area contributed by atoms with Gasteiger partial charge in [0.2, 0.25) is 0 Å². The number of aromatic nitrogens is 3. The number of likely N-dealkylation sites (tertiary alicyclic amines) is 1. The van der Waals surface area contributed by atoms with Crippen molar-refractivity contribution in [1.29, 1.82) is 5.26 Å². The van der Waals surface area contributed by atoms with E-state index in [1.807, 2.05) is 30.3 Å². The molecule has 1 N–H and O–H groups in total. The van der Waals surface area contributed by atoms with E-state index in [-0.39, 0.29) is 11.2 Å². The van der Waals surface area contributed by atoms with Gasteiger partial charge in [0.25, 0.3) is 5.56 Å². The third kappa shape index (κ3) is 3.66. The lowest BCUT2D eigenvalue weighted by Crippen LogP contribution is -2.38. The number of fused-ring (bicyclic) bond motifs is 2. The third-order valence-electron chi connectivity index (χ3n) is 6.26. The van der Waals surface area contributed by atoms with Crippen LogP contribution in [-0.2, 0) is 13.1 Å². The van der Waals surface area contributed by atoms with Crippen molar-refractivity contribution >= 4 is 21.8 Å². The first-order chi connectivity index (χ1) is 15.1. The molecule has 2 aromatic carbocycles. The number of benzene rings is 2. The topological polar surface area (TPSA) is 86.8 Å². The second-order valence-electron chi connectivity index (χ2n) is 8.24. The SMILES string of the molecule is N#Cc1ccc2ccn(CC3CCN(CCn4c(=O)[nH]c5ccccc5c4=O)C3)c2c1. The van der Waals surface area contributed by atoms with Gasteiger partial charge in [-0.1, -0.05) is 18.2 Å². The Bertz CT molecular complexity index is 1420. The van der Waals surface area contributed by atoms with Gasteiger partial charge in [-0.3, -0.25) is 9.36 Å². The number of nitriles is 1. The quantitative estimate of drug-likeness (QED) is 0.545. The highest BCUT2D eigenvalue weighted by Crippen LogP contribution is 2.23. The van der Waals surface area contributed by atoms with Crippen LogP contribution in [0, 0.1) is 17.2 Å². The molecule has 0 spiro atoms. The summed E-state index contributed by atoms with van der Waals surface area (Å²) in [6, 6.07) is 17.2. The molecule has 0 radical (unpaired) electrons.